The predicted octanol–water partition coefficient (Wildman–Crippen LogP) is -0.340. The van der Waals surface area contributed by atoms with Gasteiger partial charge >= 0.3 is 5.13 Å². The first-order valence-electron chi connectivity index (χ1n) is 4.62. The second-order valence-electron chi connectivity index (χ2n) is 3.21. The molecule has 2 N–H and O–H groups in total. The largest absolute Gasteiger partial charge is 1.00 e. The number of hydrogen-bond acceptors (Lipinski definition) is 4. The van der Waals surface area contributed by atoms with Gasteiger partial charge in [-0.3, -0.25) is 5.73 Å². The van der Waals surface area contributed by atoms with Gasteiger partial charge < -0.3 is 12.4 Å². The third-order valence-electron chi connectivity index (χ3n) is 2.10. The molecule has 2 heterocycles. The van der Waals surface area contributed by atoms with Crippen molar-refractivity contribution in [2.24, 2.45) is 5.11 Å². The van der Waals surface area contributed by atoms with Crippen LogP contribution < -0.4 is 22.7 Å². The minimum Gasteiger partial charge on any atom is -1.00 e. The van der Waals surface area contributed by atoms with Crippen LogP contribution in [-0.4, -0.2) is 4.98 Å². The summed E-state index contributed by atoms with van der Waals surface area (Å²) >= 11 is 7.24. The SMILES string of the molecule is [Cl-].[N-]=[N+]=Nc1cc(C[n+]2ccsc2N)cnc1Cl. The predicted molar refractivity (Wildman–Crippen MR) is 66.1 cm³/mol. The maximum Gasteiger partial charge on any atom is 0.331 e. The monoisotopic (exact) mass is 302 g/mol. The molecule has 9 heteroatoms. The van der Waals surface area contributed by atoms with Crippen molar-refractivity contribution < 1.29 is 17.0 Å². The Morgan fingerprint density at radius 2 is 2.39 bits per heavy atom. The van der Waals surface area contributed by atoms with Crippen LogP contribution in [0.15, 0.2) is 29.0 Å². The molecule has 0 fully saturated rings. The smallest absolute Gasteiger partial charge is 0.331 e. The molecule has 0 radical (unpaired) electrons. The third kappa shape index (κ3) is 3.24. The van der Waals surface area contributed by atoms with Gasteiger partial charge in [-0.2, -0.15) is 0 Å². The lowest BCUT2D eigenvalue weighted by Gasteiger charge is -2.01. The number of nitrogens with two attached hydrogens (primary N) is 1. The summed E-state index contributed by atoms with van der Waals surface area (Å²) in [5.74, 6) is 0. The Morgan fingerprint density at radius 1 is 1.61 bits per heavy atom. The molecule has 94 valence electrons. The molecular formula is C9H8Cl2N6S. The van der Waals surface area contributed by atoms with Crippen molar-refractivity contribution in [2.45, 2.75) is 6.54 Å². The first-order valence-corrected chi connectivity index (χ1v) is 5.88. The number of hydrogen-bond donors (Lipinski definition) is 1. The highest BCUT2D eigenvalue weighted by molar-refractivity contribution is 7.12. The van der Waals surface area contributed by atoms with Gasteiger partial charge in [0.05, 0.1) is 5.69 Å². The molecule has 0 aliphatic carbocycles. The first-order chi connectivity index (χ1) is 8.20. The zero-order valence-corrected chi connectivity index (χ0v) is 11.3. The van der Waals surface area contributed by atoms with Crippen LogP contribution in [0.1, 0.15) is 5.56 Å². The highest BCUT2D eigenvalue weighted by Crippen LogP contribution is 2.23. The van der Waals surface area contributed by atoms with E-state index in [4.69, 9.17) is 22.9 Å². The normalized spacial score (nSPS) is 9.39. The summed E-state index contributed by atoms with van der Waals surface area (Å²) in [7, 11) is 0. The van der Waals surface area contributed by atoms with E-state index in [2.05, 4.69) is 15.0 Å². The first kappa shape index (κ1) is 14.5. The fraction of sp³-hybridized carbons (Fsp3) is 0.111. The second-order valence-corrected chi connectivity index (χ2v) is 4.50. The van der Waals surface area contributed by atoms with Gasteiger partial charge in [-0.1, -0.05) is 28.1 Å². The van der Waals surface area contributed by atoms with E-state index >= 15 is 0 Å². The Kier molecular flexibility index (Phi) is 5.18. The number of halogens is 2. The number of rotatable bonds is 3. The van der Waals surface area contributed by atoms with Crippen LogP contribution in [0.3, 0.4) is 0 Å². The fourth-order valence-electron chi connectivity index (χ4n) is 1.33. The molecule has 0 saturated heterocycles. The van der Waals surface area contributed by atoms with Crippen LogP contribution in [0.25, 0.3) is 10.4 Å². The molecule has 0 amide bonds. The van der Waals surface area contributed by atoms with Gasteiger partial charge in [-0.25, -0.2) is 9.55 Å². The van der Waals surface area contributed by atoms with E-state index in [-0.39, 0.29) is 17.6 Å². The summed E-state index contributed by atoms with van der Waals surface area (Å²) in [5.41, 5.74) is 15.3. The van der Waals surface area contributed by atoms with Crippen LogP contribution in [0, 0.1) is 0 Å². The molecule has 0 unspecified atom stereocenters. The van der Waals surface area contributed by atoms with Gasteiger partial charge in [-0.15, -0.1) is 0 Å². The second kappa shape index (κ2) is 6.42. The average molecular weight is 303 g/mol. The molecule has 2 aromatic rings. The molecular weight excluding hydrogens is 295 g/mol. The van der Waals surface area contributed by atoms with Crippen molar-refractivity contribution >= 4 is 33.8 Å². The molecule has 0 atom stereocenters. The topological polar surface area (TPSA) is 91.6 Å². The standard InChI is InChI=1S/C9H7ClN6S.ClH/c10-8-7(14-15-12)3-6(4-13-8)5-16-1-2-17-9(16)11;/h1-4,11H,5H2;1H. The molecule has 2 aromatic heterocycles. The average Bonchev–Trinajstić information content (AvgIpc) is 2.70. The van der Waals surface area contributed by atoms with Gasteiger partial charge in [-0.05, 0) is 11.6 Å². The lowest BCUT2D eigenvalue weighted by molar-refractivity contribution is -0.669. The van der Waals surface area contributed by atoms with Crippen molar-refractivity contribution in [1.29, 1.82) is 0 Å². The zero-order valence-electron chi connectivity index (χ0n) is 8.99. The fourth-order valence-corrected chi connectivity index (χ4v) is 2.07. The molecule has 2 rings (SSSR count). The highest BCUT2D eigenvalue weighted by atomic mass is 35.5. The lowest BCUT2D eigenvalue weighted by atomic mass is 10.2. The summed E-state index contributed by atoms with van der Waals surface area (Å²) in [6.45, 7) is 0.563. The Balaban J connectivity index is 0.00000162. The van der Waals surface area contributed by atoms with Crippen molar-refractivity contribution in [3.05, 3.63) is 45.0 Å². The number of nitrogens with zero attached hydrogens (tertiary/aromatic N) is 5. The van der Waals surface area contributed by atoms with E-state index in [9.17, 15) is 0 Å². The molecule has 0 aliphatic heterocycles. The van der Waals surface area contributed by atoms with Crippen LogP contribution >= 0.6 is 22.9 Å². The minimum atomic E-state index is 0. The number of aromatic nitrogens is 2. The number of anilines is 1. The quantitative estimate of drug-likeness (QED) is 0.276. The molecule has 0 aliphatic rings. The van der Waals surface area contributed by atoms with Gasteiger partial charge in [0.15, 0.2) is 0 Å². The van der Waals surface area contributed by atoms with Crippen LogP contribution in [-0.2, 0) is 6.54 Å². The maximum absolute atomic E-state index is 8.38. The number of pyridine rings is 1. The Bertz CT molecular complexity index is 592. The Hall–Kier alpha value is -1.53. The Morgan fingerprint density at radius 3 is 3.00 bits per heavy atom. The van der Waals surface area contributed by atoms with E-state index in [1.54, 1.807) is 12.3 Å². The molecule has 0 spiro atoms. The van der Waals surface area contributed by atoms with Crippen LogP contribution in [0.5, 0.6) is 0 Å². The van der Waals surface area contributed by atoms with E-state index in [1.165, 1.54) is 11.3 Å². The number of nitrogen functional groups attached to an aromatic ring is 1. The minimum absolute atomic E-state index is 0. The summed E-state index contributed by atoms with van der Waals surface area (Å²) < 4.78 is 1.87. The Labute approximate surface area is 118 Å². The van der Waals surface area contributed by atoms with E-state index < -0.39 is 0 Å². The molecule has 0 saturated carbocycles. The van der Waals surface area contributed by atoms with Gasteiger partial charge in [0, 0.05) is 22.1 Å². The van der Waals surface area contributed by atoms with Gasteiger partial charge in [0.2, 0.25) is 0 Å². The maximum atomic E-state index is 8.38. The molecule has 0 aromatic carbocycles. The molecule has 6 nitrogen and oxygen atoms in total. The number of thiazole rings is 1. The highest BCUT2D eigenvalue weighted by Gasteiger charge is 2.08. The molecule has 0 bridgehead atoms. The van der Waals surface area contributed by atoms with Crippen molar-refractivity contribution in [1.82, 2.24) is 4.98 Å². The summed E-state index contributed by atoms with van der Waals surface area (Å²) in [6.07, 6.45) is 3.50. The van der Waals surface area contributed by atoms with Crippen molar-refractivity contribution in [3.63, 3.8) is 0 Å². The lowest BCUT2D eigenvalue weighted by Crippen LogP contribution is -3.00. The molecule has 18 heavy (non-hydrogen) atoms. The van der Waals surface area contributed by atoms with Gasteiger partial charge in [0.25, 0.3) is 0 Å². The van der Waals surface area contributed by atoms with Crippen molar-refractivity contribution in [3.8, 4) is 0 Å². The van der Waals surface area contributed by atoms with Crippen molar-refractivity contribution in [2.75, 3.05) is 5.73 Å². The summed E-state index contributed by atoms with van der Waals surface area (Å²) in [4.78, 5) is 6.65. The number of azide groups is 1. The van der Waals surface area contributed by atoms with Crippen LogP contribution in [0.4, 0.5) is 10.8 Å². The summed E-state index contributed by atoms with van der Waals surface area (Å²) in [5, 5.41) is 6.25. The van der Waals surface area contributed by atoms with E-state index in [0.717, 1.165) is 5.56 Å². The third-order valence-corrected chi connectivity index (χ3v) is 3.12. The van der Waals surface area contributed by atoms with Gasteiger partial charge in [0.1, 0.15) is 17.9 Å². The summed E-state index contributed by atoms with van der Waals surface area (Å²) in [6, 6.07) is 1.69. The van der Waals surface area contributed by atoms with E-state index in [0.29, 0.717) is 17.4 Å². The zero-order chi connectivity index (χ0) is 12.3. The van der Waals surface area contributed by atoms with E-state index in [1.807, 2.05) is 16.1 Å². The van der Waals surface area contributed by atoms with Crippen LogP contribution in [0.2, 0.25) is 5.15 Å².